The van der Waals surface area contributed by atoms with E-state index in [1.54, 1.807) is 12.3 Å². The molecule has 3 aromatic rings. The molecule has 0 saturated carbocycles. The number of ether oxygens (including phenoxy) is 1. The van der Waals surface area contributed by atoms with Crippen LogP contribution in [-0.4, -0.2) is 58.4 Å². The highest BCUT2D eigenvalue weighted by molar-refractivity contribution is 5.88. The van der Waals surface area contributed by atoms with E-state index in [1.165, 1.54) is 12.4 Å². The molecule has 2 fully saturated rings. The van der Waals surface area contributed by atoms with Crippen LogP contribution in [0.2, 0.25) is 0 Å². The number of aryl methyl sites for hydroxylation is 1. The Morgan fingerprint density at radius 3 is 2.71 bits per heavy atom. The Morgan fingerprint density at radius 2 is 1.94 bits per heavy atom. The number of benzene rings is 1. The standard InChI is InChI=1S/C24H23F4N5O/c25-18-3-1-2-13-4-5-19(33-8-14-10-34-11-15(14)9-33)17(21(13)18)7-29-22-16-6-20(24(26,27)28)32-23(16)31-12-30-22/h1-3,6-7,12,14-15,17,19H,4-5,8-11H2,(H,30,31,32)/t14-,15+,17-,19?/m0/s1. The highest BCUT2D eigenvalue weighted by Crippen LogP contribution is 2.40. The first-order chi connectivity index (χ1) is 16.4. The molecule has 4 heterocycles. The number of hydrogen-bond donors (Lipinski definition) is 1. The lowest BCUT2D eigenvalue weighted by Crippen LogP contribution is -2.42. The van der Waals surface area contributed by atoms with Crippen LogP contribution in [0.4, 0.5) is 23.4 Å². The minimum Gasteiger partial charge on any atom is -0.381 e. The molecule has 6 nitrogen and oxygen atoms in total. The number of aromatic nitrogens is 3. The predicted octanol–water partition coefficient (Wildman–Crippen LogP) is 4.49. The van der Waals surface area contributed by atoms with Crippen LogP contribution in [-0.2, 0) is 17.3 Å². The van der Waals surface area contributed by atoms with E-state index in [0.29, 0.717) is 17.4 Å². The molecule has 2 aromatic heterocycles. The monoisotopic (exact) mass is 473 g/mol. The van der Waals surface area contributed by atoms with Gasteiger partial charge in [-0.2, -0.15) is 13.2 Å². The van der Waals surface area contributed by atoms with Crippen LogP contribution in [0, 0.1) is 17.7 Å². The summed E-state index contributed by atoms with van der Waals surface area (Å²) >= 11 is 0. The van der Waals surface area contributed by atoms with E-state index in [4.69, 9.17) is 4.74 Å². The summed E-state index contributed by atoms with van der Waals surface area (Å²) in [4.78, 5) is 17.2. The van der Waals surface area contributed by atoms with Gasteiger partial charge < -0.3 is 9.72 Å². The number of nitrogens with zero attached hydrogens (tertiary/aromatic N) is 4. The van der Waals surface area contributed by atoms with Crippen LogP contribution >= 0.6 is 0 Å². The molecule has 2 saturated heterocycles. The van der Waals surface area contributed by atoms with Crippen molar-refractivity contribution in [2.45, 2.75) is 31.0 Å². The predicted molar refractivity (Wildman–Crippen MR) is 118 cm³/mol. The van der Waals surface area contributed by atoms with E-state index in [2.05, 4.69) is 24.8 Å². The molecule has 0 bridgehead atoms. The molecule has 1 unspecified atom stereocenters. The lowest BCUT2D eigenvalue weighted by molar-refractivity contribution is -0.140. The van der Waals surface area contributed by atoms with E-state index >= 15 is 4.39 Å². The van der Waals surface area contributed by atoms with Gasteiger partial charge in [0, 0.05) is 48.7 Å². The summed E-state index contributed by atoms with van der Waals surface area (Å²) in [6, 6.07) is 6.13. The normalized spacial score (nSPS) is 27.5. The van der Waals surface area contributed by atoms with Crippen molar-refractivity contribution in [2.24, 2.45) is 16.8 Å². The zero-order chi connectivity index (χ0) is 23.4. The summed E-state index contributed by atoms with van der Waals surface area (Å²) in [6.45, 7) is 3.30. The Labute approximate surface area is 193 Å². The van der Waals surface area contributed by atoms with Crippen molar-refractivity contribution >= 4 is 23.1 Å². The molecule has 1 aliphatic carbocycles. The fourth-order valence-corrected chi connectivity index (χ4v) is 5.76. The van der Waals surface area contributed by atoms with E-state index in [0.717, 1.165) is 50.8 Å². The van der Waals surface area contributed by atoms with Gasteiger partial charge in [-0.1, -0.05) is 12.1 Å². The molecule has 3 aliphatic rings. The third-order valence-electron chi connectivity index (χ3n) is 7.41. The van der Waals surface area contributed by atoms with Gasteiger partial charge in [0.2, 0.25) is 0 Å². The molecular weight excluding hydrogens is 450 g/mol. The first-order valence-corrected chi connectivity index (χ1v) is 11.4. The van der Waals surface area contributed by atoms with E-state index in [1.807, 2.05) is 6.07 Å². The summed E-state index contributed by atoms with van der Waals surface area (Å²) < 4.78 is 60.3. The number of fused-ring (bicyclic) bond motifs is 3. The molecule has 4 atom stereocenters. The minimum atomic E-state index is -4.53. The summed E-state index contributed by atoms with van der Waals surface area (Å²) in [7, 11) is 0. The quantitative estimate of drug-likeness (QED) is 0.450. The van der Waals surface area contributed by atoms with Gasteiger partial charge in [0.25, 0.3) is 0 Å². The molecule has 10 heteroatoms. The maximum absolute atomic E-state index is 15.1. The van der Waals surface area contributed by atoms with E-state index in [-0.39, 0.29) is 34.6 Å². The van der Waals surface area contributed by atoms with Crippen molar-refractivity contribution in [3.63, 3.8) is 0 Å². The fourth-order valence-electron chi connectivity index (χ4n) is 5.76. The van der Waals surface area contributed by atoms with Crippen molar-refractivity contribution in [1.82, 2.24) is 19.9 Å². The molecule has 34 heavy (non-hydrogen) atoms. The molecule has 6 rings (SSSR count). The second-order valence-corrected chi connectivity index (χ2v) is 9.37. The minimum absolute atomic E-state index is 0.0491. The van der Waals surface area contributed by atoms with Crippen molar-refractivity contribution in [3.8, 4) is 0 Å². The first-order valence-electron chi connectivity index (χ1n) is 11.4. The third-order valence-corrected chi connectivity index (χ3v) is 7.41. The van der Waals surface area contributed by atoms with E-state index in [9.17, 15) is 13.2 Å². The molecule has 1 N–H and O–H groups in total. The van der Waals surface area contributed by atoms with Crippen LogP contribution in [0.1, 0.15) is 29.2 Å². The number of hydrogen-bond acceptors (Lipinski definition) is 5. The van der Waals surface area contributed by atoms with Gasteiger partial charge in [-0.3, -0.25) is 4.90 Å². The highest BCUT2D eigenvalue weighted by atomic mass is 19.4. The Morgan fingerprint density at radius 1 is 1.15 bits per heavy atom. The van der Waals surface area contributed by atoms with Crippen LogP contribution in [0.25, 0.3) is 11.0 Å². The smallest absolute Gasteiger partial charge is 0.381 e. The second kappa shape index (κ2) is 8.13. The molecule has 0 radical (unpaired) electrons. The van der Waals surface area contributed by atoms with Crippen LogP contribution in [0.15, 0.2) is 35.6 Å². The molecular formula is C24H23F4N5O. The summed E-state index contributed by atoms with van der Waals surface area (Å²) in [6.07, 6.45) is -0.0573. The third kappa shape index (κ3) is 3.69. The lowest BCUT2D eigenvalue weighted by Gasteiger charge is -2.38. The number of rotatable bonds is 3. The Hall–Kier alpha value is -2.85. The van der Waals surface area contributed by atoms with Gasteiger partial charge >= 0.3 is 6.18 Å². The topological polar surface area (TPSA) is 66.4 Å². The Kier molecular flexibility index (Phi) is 5.18. The van der Waals surface area contributed by atoms with Crippen molar-refractivity contribution in [2.75, 3.05) is 26.3 Å². The molecule has 1 aromatic carbocycles. The number of alkyl halides is 3. The maximum Gasteiger partial charge on any atom is 0.431 e. The number of nitrogens with one attached hydrogen (secondary N) is 1. The number of aromatic amines is 1. The molecule has 0 spiro atoms. The summed E-state index contributed by atoms with van der Waals surface area (Å²) in [5.41, 5.74) is 0.723. The number of H-pyrrole nitrogens is 1. The van der Waals surface area contributed by atoms with Gasteiger partial charge in [-0.25, -0.2) is 19.4 Å². The lowest BCUT2D eigenvalue weighted by atomic mass is 9.78. The van der Waals surface area contributed by atoms with E-state index < -0.39 is 11.9 Å². The molecule has 2 aliphatic heterocycles. The van der Waals surface area contributed by atoms with Crippen molar-refractivity contribution < 1.29 is 22.3 Å². The number of aliphatic imine (C=N–C) groups is 1. The van der Waals surface area contributed by atoms with Gasteiger partial charge in [-0.05, 0) is 30.5 Å². The van der Waals surface area contributed by atoms with Gasteiger partial charge in [0.15, 0.2) is 5.82 Å². The maximum atomic E-state index is 15.1. The number of halogens is 4. The highest BCUT2D eigenvalue weighted by Gasteiger charge is 2.43. The van der Waals surface area contributed by atoms with Gasteiger partial charge in [0.1, 0.15) is 23.5 Å². The average molecular weight is 473 g/mol. The average Bonchev–Trinajstić information content (AvgIpc) is 3.52. The van der Waals surface area contributed by atoms with Crippen molar-refractivity contribution in [1.29, 1.82) is 0 Å². The van der Waals surface area contributed by atoms with Crippen LogP contribution in [0.5, 0.6) is 0 Å². The molecule has 0 amide bonds. The zero-order valence-electron chi connectivity index (χ0n) is 18.2. The second-order valence-electron chi connectivity index (χ2n) is 9.37. The fraction of sp³-hybridized carbons (Fsp3) is 0.458. The Bertz CT molecular complexity index is 1240. The van der Waals surface area contributed by atoms with Gasteiger partial charge in [0.05, 0.1) is 18.6 Å². The van der Waals surface area contributed by atoms with Gasteiger partial charge in [-0.15, -0.1) is 0 Å². The van der Waals surface area contributed by atoms with Crippen LogP contribution < -0.4 is 0 Å². The summed E-state index contributed by atoms with van der Waals surface area (Å²) in [5, 5.41) is 0.181. The SMILES string of the molecule is Fc1cccc2c1[C@@H](C=Nc1ncnc3[nH]c(C(F)(F)F)cc13)C(N1C[C@H]3COC[C@H]3C1)CC2. The van der Waals surface area contributed by atoms with Crippen LogP contribution in [0.3, 0.4) is 0 Å². The zero-order valence-corrected chi connectivity index (χ0v) is 18.2. The largest absolute Gasteiger partial charge is 0.431 e. The first kappa shape index (κ1) is 21.7. The Balaban J connectivity index is 1.38. The number of likely N-dealkylation sites (tertiary alicyclic amines) is 1. The summed E-state index contributed by atoms with van der Waals surface area (Å²) in [5.74, 6) is 0.486. The van der Waals surface area contributed by atoms with Crippen molar-refractivity contribution in [3.05, 3.63) is 53.2 Å². The molecule has 178 valence electrons.